The number of nitrogens with one attached hydrogen (secondary N) is 2. The second-order valence-electron chi connectivity index (χ2n) is 3.64. The van der Waals surface area contributed by atoms with Gasteiger partial charge in [-0.15, -0.1) is 0 Å². The molecule has 0 unspecified atom stereocenters. The number of hydrogen-bond donors (Lipinski definition) is 2. The number of carbonyl (C=O) groups is 1. The van der Waals surface area contributed by atoms with Crippen LogP contribution in [0, 0.1) is 5.82 Å². The SMILES string of the molecule is COc1cc(F)cc(CNC(=O)Nc2ncco2)c1. The highest BCUT2D eigenvalue weighted by Crippen LogP contribution is 2.15. The topological polar surface area (TPSA) is 76.4 Å². The number of hydrogen-bond acceptors (Lipinski definition) is 4. The summed E-state index contributed by atoms with van der Waals surface area (Å²) in [7, 11) is 1.45. The van der Waals surface area contributed by atoms with Gasteiger partial charge in [0.15, 0.2) is 0 Å². The average Bonchev–Trinajstić information content (AvgIpc) is 2.88. The molecule has 2 aromatic rings. The normalized spacial score (nSPS) is 10.0. The summed E-state index contributed by atoms with van der Waals surface area (Å²) in [5.74, 6) is -0.0332. The molecule has 0 spiro atoms. The first-order valence-corrected chi connectivity index (χ1v) is 5.45. The molecule has 1 aromatic carbocycles. The highest BCUT2D eigenvalue weighted by molar-refractivity contribution is 5.86. The number of oxazole rings is 1. The van der Waals surface area contributed by atoms with E-state index in [1.165, 1.54) is 31.7 Å². The van der Waals surface area contributed by atoms with Crippen LogP contribution in [0.15, 0.2) is 35.1 Å². The van der Waals surface area contributed by atoms with Crippen molar-refractivity contribution in [2.45, 2.75) is 6.54 Å². The van der Waals surface area contributed by atoms with E-state index in [0.29, 0.717) is 11.3 Å². The minimum Gasteiger partial charge on any atom is -0.497 e. The van der Waals surface area contributed by atoms with Gasteiger partial charge in [0.2, 0.25) is 0 Å². The quantitative estimate of drug-likeness (QED) is 0.888. The van der Waals surface area contributed by atoms with Gasteiger partial charge in [-0.25, -0.2) is 14.2 Å². The van der Waals surface area contributed by atoms with E-state index in [-0.39, 0.29) is 12.6 Å². The molecule has 1 heterocycles. The van der Waals surface area contributed by atoms with Crippen LogP contribution in [0.2, 0.25) is 0 Å². The molecule has 0 aliphatic rings. The Morgan fingerprint density at radius 3 is 3.00 bits per heavy atom. The van der Waals surface area contributed by atoms with E-state index in [2.05, 4.69) is 15.6 Å². The number of ether oxygens (including phenoxy) is 1. The first kappa shape index (κ1) is 12.9. The number of rotatable bonds is 4. The van der Waals surface area contributed by atoms with Gasteiger partial charge in [0.1, 0.15) is 17.8 Å². The van der Waals surface area contributed by atoms with Gasteiger partial charge < -0.3 is 14.5 Å². The molecule has 0 aliphatic carbocycles. The molecule has 0 bridgehead atoms. The monoisotopic (exact) mass is 265 g/mol. The number of benzene rings is 1. The number of methoxy groups -OCH3 is 1. The van der Waals surface area contributed by atoms with E-state index in [0.717, 1.165) is 0 Å². The fraction of sp³-hybridized carbons (Fsp3) is 0.167. The molecule has 7 heteroatoms. The van der Waals surface area contributed by atoms with Gasteiger partial charge in [-0.05, 0) is 17.7 Å². The van der Waals surface area contributed by atoms with Crippen LogP contribution in [0.1, 0.15) is 5.56 Å². The van der Waals surface area contributed by atoms with Crippen molar-refractivity contribution in [3.63, 3.8) is 0 Å². The molecule has 2 N–H and O–H groups in total. The summed E-state index contributed by atoms with van der Waals surface area (Å²) in [6, 6.07) is 3.80. The molecule has 6 nitrogen and oxygen atoms in total. The molecule has 0 saturated carbocycles. The van der Waals surface area contributed by atoms with Crippen molar-refractivity contribution in [1.29, 1.82) is 0 Å². The van der Waals surface area contributed by atoms with Crippen LogP contribution in [-0.4, -0.2) is 18.1 Å². The Morgan fingerprint density at radius 2 is 2.32 bits per heavy atom. The van der Waals surface area contributed by atoms with Crippen LogP contribution in [0.25, 0.3) is 0 Å². The van der Waals surface area contributed by atoms with E-state index in [1.807, 2.05) is 0 Å². The smallest absolute Gasteiger partial charge is 0.323 e. The highest BCUT2D eigenvalue weighted by Gasteiger charge is 2.06. The highest BCUT2D eigenvalue weighted by atomic mass is 19.1. The van der Waals surface area contributed by atoms with Gasteiger partial charge in [0.05, 0.1) is 13.3 Å². The third-order valence-corrected chi connectivity index (χ3v) is 2.27. The van der Waals surface area contributed by atoms with Gasteiger partial charge in [0, 0.05) is 12.6 Å². The number of aromatic nitrogens is 1. The van der Waals surface area contributed by atoms with E-state index < -0.39 is 11.8 Å². The van der Waals surface area contributed by atoms with Crippen molar-refractivity contribution in [2.24, 2.45) is 0 Å². The van der Waals surface area contributed by atoms with Gasteiger partial charge in [-0.3, -0.25) is 5.32 Å². The van der Waals surface area contributed by atoms with Crippen LogP contribution in [0.4, 0.5) is 15.2 Å². The van der Waals surface area contributed by atoms with Gasteiger partial charge in [-0.2, -0.15) is 0 Å². The van der Waals surface area contributed by atoms with Gasteiger partial charge >= 0.3 is 12.0 Å². The zero-order valence-electron chi connectivity index (χ0n) is 10.1. The number of amides is 2. The fourth-order valence-electron chi connectivity index (χ4n) is 1.45. The molecular formula is C12H12FN3O3. The predicted octanol–water partition coefficient (Wildman–Crippen LogP) is 2.14. The Hall–Kier alpha value is -2.57. The molecule has 2 rings (SSSR count). The Bertz CT molecular complexity index is 557. The summed E-state index contributed by atoms with van der Waals surface area (Å²) < 4.78 is 23.0. The van der Waals surface area contributed by atoms with Crippen LogP contribution in [0.5, 0.6) is 5.75 Å². The minimum absolute atomic E-state index is 0.0920. The van der Waals surface area contributed by atoms with E-state index in [4.69, 9.17) is 9.15 Å². The molecule has 19 heavy (non-hydrogen) atoms. The van der Waals surface area contributed by atoms with E-state index in [1.54, 1.807) is 6.07 Å². The van der Waals surface area contributed by atoms with Crippen LogP contribution < -0.4 is 15.4 Å². The zero-order valence-corrected chi connectivity index (χ0v) is 10.1. The second-order valence-corrected chi connectivity index (χ2v) is 3.64. The van der Waals surface area contributed by atoms with Crippen molar-refractivity contribution in [3.05, 3.63) is 42.0 Å². The summed E-state index contributed by atoms with van der Waals surface area (Å²) in [6.07, 6.45) is 2.75. The van der Waals surface area contributed by atoms with Crippen molar-refractivity contribution in [1.82, 2.24) is 10.3 Å². The maximum absolute atomic E-state index is 13.2. The maximum Gasteiger partial charge on any atom is 0.323 e. The maximum atomic E-state index is 13.2. The first-order chi connectivity index (χ1) is 9.17. The zero-order chi connectivity index (χ0) is 13.7. The average molecular weight is 265 g/mol. The molecule has 2 amide bonds. The van der Waals surface area contributed by atoms with E-state index >= 15 is 0 Å². The Kier molecular flexibility index (Phi) is 3.97. The Morgan fingerprint density at radius 1 is 1.47 bits per heavy atom. The third-order valence-electron chi connectivity index (χ3n) is 2.27. The molecular weight excluding hydrogens is 253 g/mol. The lowest BCUT2D eigenvalue weighted by molar-refractivity contribution is 0.251. The number of anilines is 1. The molecule has 0 radical (unpaired) electrons. The predicted molar refractivity (Wildman–Crippen MR) is 65.3 cm³/mol. The number of carbonyl (C=O) groups excluding carboxylic acids is 1. The second kappa shape index (κ2) is 5.85. The summed E-state index contributed by atoms with van der Waals surface area (Å²) in [5.41, 5.74) is 0.583. The fourth-order valence-corrected chi connectivity index (χ4v) is 1.45. The largest absolute Gasteiger partial charge is 0.497 e. The minimum atomic E-state index is -0.495. The van der Waals surface area contributed by atoms with Gasteiger partial charge in [-0.1, -0.05) is 0 Å². The third kappa shape index (κ3) is 3.70. The molecule has 0 fully saturated rings. The lowest BCUT2D eigenvalue weighted by Gasteiger charge is -2.07. The molecule has 0 saturated heterocycles. The standard InChI is InChI=1S/C12H12FN3O3/c1-18-10-5-8(4-9(13)6-10)7-15-11(17)16-12-14-2-3-19-12/h2-6H,7H2,1H3,(H2,14,15,16,17). The van der Waals surface area contributed by atoms with Gasteiger partial charge in [0.25, 0.3) is 0 Å². The summed E-state index contributed by atoms with van der Waals surface area (Å²) in [6.45, 7) is 0.153. The molecule has 1 aromatic heterocycles. The number of halogens is 1. The summed E-state index contributed by atoms with van der Waals surface area (Å²) in [5, 5.41) is 4.93. The lowest BCUT2D eigenvalue weighted by Crippen LogP contribution is -2.28. The number of urea groups is 1. The molecule has 0 aliphatic heterocycles. The van der Waals surface area contributed by atoms with Crippen molar-refractivity contribution >= 4 is 12.0 Å². The summed E-state index contributed by atoms with van der Waals surface area (Å²) in [4.78, 5) is 15.2. The Labute approximate surface area is 108 Å². The van der Waals surface area contributed by atoms with Crippen LogP contribution >= 0.6 is 0 Å². The number of nitrogens with zero attached hydrogens (tertiary/aromatic N) is 1. The summed E-state index contributed by atoms with van der Waals surface area (Å²) >= 11 is 0. The van der Waals surface area contributed by atoms with Crippen LogP contribution in [0.3, 0.4) is 0 Å². The van der Waals surface area contributed by atoms with Crippen molar-refractivity contribution in [3.8, 4) is 5.75 Å². The first-order valence-electron chi connectivity index (χ1n) is 5.45. The molecule has 0 atom stereocenters. The molecule has 100 valence electrons. The Balaban J connectivity index is 1.91. The van der Waals surface area contributed by atoms with Crippen molar-refractivity contribution < 1.29 is 18.3 Å². The van der Waals surface area contributed by atoms with Crippen LogP contribution in [-0.2, 0) is 6.54 Å². The van der Waals surface area contributed by atoms with Crippen molar-refractivity contribution in [2.75, 3.05) is 12.4 Å². The lowest BCUT2D eigenvalue weighted by atomic mass is 10.2. The van der Waals surface area contributed by atoms with E-state index in [9.17, 15) is 9.18 Å².